The van der Waals surface area contributed by atoms with Gasteiger partial charge in [-0.15, -0.1) is 0 Å². The molecular formula is C31H31F2N5O3. The lowest BCUT2D eigenvalue weighted by Gasteiger charge is -2.18. The average Bonchev–Trinajstić information content (AvgIpc) is 2.98. The standard InChI is InChI=1S/C31H31F2N5O3/c1-3-37(4-2)15-6-16-41-29-12-14-35-28-11-9-22(17-24(28)29)7-5-13-36-30(39)25-19-34-21-38(31(25)40)20-23-8-10-26(32)27(33)18-23/h8-12,14,17-19,21H,3-4,6,13,15-16,20H2,1-2H3,(H,36,39). The predicted molar refractivity (Wildman–Crippen MR) is 153 cm³/mol. The minimum Gasteiger partial charge on any atom is -0.493 e. The first kappa shape index (κ1) is 29.4. The van der Waals surface area contributed by atoms with Crippen LogP contribution in [0.5, 0.6) is 5.75 Å². The van der Waals surface area contributed by atoms with Gasteiger partial charge in [0.15, 0.2) is 11.6 Å². The van der Waals surface area contributed by atoms with E-state index in [2.05, 4.69) is 45.9 Å². The molecule has 4 rings (SSSR count). The zero-order chi connectivity index (χ0) is 29.2. The van der Waals surface area contributed by atoms with Crippen molar-refractivity contribution in [3.63, 3.8) is 0 Å². The third-order valence-electron chi connectivity index (χ3n) is 6.52. The van der Waals surface area contributed by atoms with Gasteiger partial charge in [0.05, 0.1) is 31.5 Å². The Bertz CT molecular complexity index is 1640. The molecule has 1 amide bonds. The summed E-state index contributed by atoms with van der Waals surface area (Å²) in [7, 11) is 0. The topological polar surface area (TPSA) is 89.3 Å². The molecule has 0 atom stereocenters. The molecule has 2 aromatic carbocycles. The number of carbonyl (C=O) groups excluding carboxylic acids is 1. The first-order chi connectivity index (χ1) is 19.9. The van der Waals surface area contributed by atoms with Crippen LogP contribution in [0.1, 0.15) is 41.8 Å². The molecule has 2 aromatic heterocycles. The van der Waals surface area contributed by atoms with E-state index in [1.54, 1.807) is 6.20 Å². The van der Waals surface area contributed by atoms with Crippen LogP contribution >= 0.6 is 0 Å². The van der Waals surface area contributed by atoms with Crippen molar-refractivity contribution in [3.05, 3.63) is 99.9 Å². The quantitative estimate of drug-likeness (QED) is 0.221. The SMILES string of the molecule is CCN(CC)CCCOc1ccnc2ccc(C#CCNC(=O)c3cncn(Cc4ccc(F)c(F)c4)c3=O)cc12. The zero-order valence-electron chi connectivity index (χ0n) is 23.0. The third-order valence-corrected chi connectivity index (χ3v) is 6.52. The Kier molecular flexibility index (Phi) is 10.1. The fourth-order valence-electron chi connectivity index (χ4n) is 4.25. The van der Waals surface area contributed by atoms with Crippen molar-refractivity contribution in [2.24, 2.45) is 0 Å². The van der Waals surface area contributed by atoms with Gasteiger partial charge in [0.1, 0.15) is 11.3 Å². The first-order valence-electron chi connectivity index (χ1n) is 13.4. The maximum Gasteiger partial charge on any atom is 0.266 e. The number of nitrogens with one attached hydrogen (secondary N) is 1. The molecule has 212 valence electrons. The fraction of sp³-hybridized carbons (Fsp3) is 0.290. The molecular weight excluding hydrogens is 528 g/mol. The lowest BCUT2D eigenvalue weighted by atomic mass is 10.1. The van der Waals surface area contributed by atoms with Gasteiger partial charge in [-0.2, -0.15) is 0 Å². The molecule has 0 radical (unpaired) electrons. The molecule has 0 saturated carbocycles. The molecule has 2 heterocycles. The summed E-state index contributed by atoms with van der Waals surface area (Å²) in [5.41, 5.74) is 1.08. The third kappa shape index (κ3) is 7.74. The van der Waals surface area contributed by atoms with Crippen LogP contribution in [0.3, 0.4) is 0 Å². The van der Waals surface area contributed by atoms with E-state index in [0.717, 1.165) is 71.2 Å². The number of fused-ring (bicyclic) bond motifs is 1. The van der Waals surface area contributed by atoms with Gasteiger partial charge >= 0.3 is 0 Å². The highest BCUT2D eigenvalue weighted by molar-refractivity contribution is 5.93. The van der Waals surface area contributed by atoms with Gasteiger partial charge in [-0.3, -0.25) is 19.1 Å². The van der Waals surface area contributed by atoms with Crippen LogP contribution in [0.25, 0.3) is 10.9 Å². The van der Waals surface area contributed by atoms with Crippen molar-refractivity contribution in [2.75, 3.05) is 32.8 Å². The largest absolute Gasteiger partial charge is 0.493 e. The second-order valence-corrected chi connectivity index (χ2v) is 9.24. The molecule has 41 heavy (non-hydrogen) atoms. The maximum absolute atomic E-state index is 13.5. The van der Waals surface area contributed by atoms with Crippen molar-refractivity contribution in [1.29, 1.82) is 0 Å². The van der Waals surface area contributed by atoms with Crippen molar-refractivity contribution < 1.29 is 18.3 Å². The molecule has 0 saturated heterocycles. The molecule has 0 aliphatic rings. The van der Waals surface area contributed by atoms with Crippen molar-refractivity contribution >= 4 is 16.8 Å². The summed E-state index contributed by atoms with van der Waals surface area (Å²) in [6.45, 7) is 7.80. The van der Waals surface area contributed by atoms with E-state index in [0.29, 0.717) is 12.2 Å². The summed E-state index contributed by atoms with van der Waals surface area (Å²) in [5.74, 6) is 4.01. The van der Waals surface area contributed by atoms with Crippen molar-refractivity contribution in [3.8, 4) is 17.6 Å². The van der Waals surface area contributed by atoms with E-state index in [4.69, 9.17) is 4.74 Å². The molecule has 0 aliphatic heterocycles. The number of carbonyl (C=O) groups is 1. The van der Waals surface area contributed by atoms with Crippen LogP contribution < -0.4 is 15.6 Å². The number of rotatable bonds is 11. The second-order valence-electron chi connectivity index (χ2n) is 9.24. The Hall–Kier alpha value is -4.62. The summed E-state index contributed by atoms with van der Waals surface area (Å²) in [4.78, 5) is 36.1. The monoisotopic (exact) mass is 559 g/mol. The van der Waals surface area contributed by atoms with Gasteiger partial charge in [0.25, 0.3) is 11.5 Å². The Morgan fingerprint density at radius 3 is 2.71 bits per heavy atom. The van der Waals surface area contributed by atoms with Crippen LogP contribution in [0.4, 0.5) is 8.78 Å². The first-order valence-corrected chi connectivity index (χ1v) is 13.4. The number of halogens is 2. The Morgan fingerprint density at radius 2 is 1.93 bits per heavy atom. The van der Waals surface area contributed by atoms with E-state index < -0.39 is 23.1 Å². The van der Waals surface area contributed by atoms with Crippen molar-refractivity contribution in [1.82, 2.24) is 24.8 Å². The Labute approximate surface area is 237 Å². The van der Waals surface area contributed by atoms with E-state index in [1.165, 1.54) is 12.4 Å². The van der Waals surface area contributed by atoms with E-state index in [9.17, 15) is 18.4 Å². The van der Waals surface area contributed by atoms with Gasteiger partial charge in [-0.1, -0.05) is 31.8 Å². The highest BCUT2D eigenvalue weighted by atomic mass is 19.2. The number of amides is 1. The summed E-state index contributed by atoms with van der Waals surface area (Å²) in [6, 6.07) is 10.8. The zero-order valence-corrected chi connectivity index (χ0v) is 23.0. The molecule has 0 unspecified atom stereocenters. The number of ether oxygens (including phenoxy) is 1. The number of nitrogens with zero attached hydrogens (tertiary/aromatic N) is 4. The molecule has 8 nitrogen and oxygen atoms in total. The normalized spacial score (nSPS) is 10.9. The van der Waals surface area contributed by atoms with Crippen LogP contribution in [-0.2, 0) is 6.54 Å². The van der Waals surface area contributed by atoms with Crippen LogP contribution in [0, 0.1) is 23.5 Å². The minimum absolute atomic E-state index is 0.00384. The number of hydrogen-bond donors (Lipinski definition) is 1. The second kappa shape index (κ2) is 14.1. The van der Waals surface area contributed by atoms with E-state index >= 15 is 0 Å². The number of aromatic nitrogens is 3. The summed E-state index contributed by atoms with van der Waals surface area (Å²) in [5, 5.41) is 3.45. The lowest BCUT2D eigenvalue weighted by Crippen LogP contribution is -2.33. The lowest BCUT2D eigenvalue weighted by molar-refractivity contribution is 0.0956. The fourth-order valence-corrected chi connectivity index (χ4v) is 4.25. The van der Waals surface area contributed by atoms with Gasteiger partial charge in [0.2, 0.25) is 0 Å². The summed E-state index contributed by atoms with van der Waals surface area (Å²) < 4.78 is 33.9. The Morgan fingerprint density at radius 1 is 1.10 bits per heavy atom. The molecule has 0 aliphatic carbocycles. The number of hydrogen-bond acceptors (Lipinski definition) is 6. The summed E-state index contributed by atoms with van der Waals surface area (Å²) >= 11 is 0. The Balaban J connectivity index is 1.38. The number of pyridine rings is 1. The van der Waals surface area contributed by atoms with Gasteiger partial charge in [-0.05, 0) is 61.5 Å². The van der Waals surface area contributed by atoms with Crippen LogP contribution in [0.2, 0.25) is 0 Å². The molecule has 10 heteroatoms. The molecule has 0 bridgehead atoms. The van der Waals surface area contributed by atoms with Gasteiger partial charge < -0.3 is 15.0 Å². The maximum atomic E-state index is 13.5. The van der Waals surface area contributed by atoms with Gasteiger partial charge in [0, 0.05) is 29.9 Å². The van der Waals surface area contributed by atoms with E-state index in [1.807, 2.05) is 24.3 Å². The highest BCUT2D eigenvalue weighted by Gasteiger charge is 2.13. The van der Waals surface area contributed by atoms with Crippen molar-refractivity contribution in [2.45, 2.75) is 26.8 Å². The van der Waals surface area contributed by atoms with Gasteiger partial charge in [-0.25, -0.2) is 13.8 Å². The average molecular weight is 560 g/mol. The number of benzene rings is 2. The molecule has 1 N–H and O–H groups in total. The van der Waals surface area contributed by atoms with Crippen LogP contribution in [0.15, 0.2) is 66.0 Å². The molecule has 0 spiro atoms. The molecule has 4 aromatic rings. The van der Waals surface area contributed by atoms with E-state index in [-0.39, 0.29) is 18.7 Å². The minimum atomic E-state index is -1.02. The predicted octanol–water partition coefficient (Wildman–Crippen LogP) is 4.01. The summed E-state index contributed by atoms with van der Waals surface area (Å²) in [6.07, 6.45) is 5.02. The molecule has 0 fully saturated rings. The smallest absolute Gasteiger partial charge is 0.266 e. The van der Waals surface area contributed by atoms with Crippen LogP contribution in [-0.4, -0.2) is 58.1 Å². The highest BCUT2D eigenvalue weighted by Crippen LogP contribution is 2.25.